The van der Waals surface area contributed by atoms with Crippen LogP contribution in [0.2, 0.25) is 0 Å². The predicted molar refractivity (Wildman–Crippen MR) is 58.0 cm³/mol. The van der Waals surface area contributed by atoms with Gasteiger partial charge in [0.15, 0.2) is 0 Å². The normalized spacial score (nSPS) is 14.1. The van der Waals surface area contributed by atoms with Crippen molar-refractivity contribution in [3.05, 3.63) is 0 Å². The van der Waals surface area contributed by atoms with Crippen molar-refractivity contribution in [2.24, 2.45) is 11.8 Å². The molecule has 0 radical (unpaired) electrons. The molecule has 0 aromatic carbocycles. The van der Waals surface area contributed by atoms with E-state index in [0.29, 0.717) is 6.10 Å². The van der Waals surface area contributed by atoms with Gasteiger partial charge in [0, 0.05) is 6.54 Å². The van der Waals surface area contributed by atoms with E-state index in [0.717, 1.165) is 31.5 Å². The Balaban J connectivity index is 3.16. The van der Waals surface area contributed by atoms with E-state index >= 15 is 0 Å². The minimum absolute atomic E-state index is 0.351. The third kappa shape index (κ3) is 8.26. The van der Waals surface area contributed by atoms with Gasteiger partial charge in [0.25, 0.3) is 0 Å². The molecule has 0 spiro atoms. The van der Waals surface area contributed by atoms with Crippen LogP contribution in [0, 0.1) is 11.8 Å². The van der Waals surface area contributed by atoms with Crippen molar-refractivity contribution in [1.29, 1.82) is 0 Å². The molecule has 2 nitrogen and oxygen atoms in total. The molecule has 2 heteroatoms. The fourth-order valence-electron chi connectivity index (χ4n) is 0.932. The molecule has 80 valence electrons. The van der Waals surface area contributed by atoms with E-state index in [9.17, 15) is 0 Å². The van der Waals surface area contributed by atoms with E-state index in [4.69, 9.17) is 4.74 Å². The Labute approximate surface area is 83.1 Å². The highest BCUT2D eigenvalue weighted by atomic mass is 16.5. The molecule has 1 N–H and O–H groups in total. The molecule has 0 aliphatic heterocycles. The molecule has 0 heterocycles. The lowest BCUT2D eigenvalue weighted by Gasteiger charge is -2.16. The second-order valence-electron chi connectivity index (χ2n) is 4.34. The number of ether oxygens (including phenoxy) is 1. The largest absolute Gasteiger partial charge is 0.377 e. The fraction of sp³-hybridized carbons (Fsp3) is 1.00. The van der Waals surface area contributed by atoms with Gasteiger partial charge in [-0.15, -0.1) is 0 Å². The quantitative estimate of drug-likeness (QED) is 0.617. The van der Waals surface area contributed by atoms with E-state index in [1.807, 2.05) is 0 Å². The molecule has 0 aliphatic rings. The summed E-state index contributed by atoms with van der Waals surface area (Å²) in [5, 5.41) is 3.40. The predicted octanol–water partition coefficient (Wildman–Crippen LogP) is 2.29. The monoisotopic (exact) mass is 187 g/mol. The summed E-state index contributed by atoms with van der Waals surface area (Å²) in [4.78, 5) is 0. The van der Waals surface area contributed by atoms with Gasteiger partial charge in [0.1, 0.15) is 0 Å². The van der Waals surface area contributed by atoms with E-state index in [2.05, 4.69) is 39.9 Å². The summed E-state index contributed by atoms with van der Waals surface area (Å²) in [6, 6.07) is 0. The van der Waals surface area contributed by atoms with Gasteiger partial charge in [0.2, 0.25) is 0 Å². The minimum Gasteiger partial charge on any atom is -0.377 e. The van der Waals surface area contributed by atoms with Gasteiger partial charge < -0.3 is 10.1 Å². The smallest absolute Gasteiger partial charge is 0.0594 e. The third-order valence-corrected chi connectivity index (χ3v) is 2.33. The Morgan fingerprint density at radius 3 is 2.15 bits per heavy atom. The van der Waals surface area contributed by atoms with Crippen molar-refractivity contribution in [3.8, 4) is 0 Å². The summed E-state index contributed by atoms with van der Waals surface area (Å²) in [6.45, 7) is 13.8. The molecular weight excluding hydrogens is 162 g/mol. The lowest BCUT2D eigenvalue weighted by molar-refractivity contribution is 0.0802. The van der Waals surface area contributed by atoms with E-state index in [-0.39, 0.29) is 0 Å². The van der Waals surface area contributed by atoms with E-state index < -0.39 is 0 Å². The number of hydrogen-bond acceptors (Lipinski definition) is 2. The van der Waals surface area contributed by atoms with E-state index in [1.54, 1.807) is 0 Å². The van der Waals surface area contributed by atoms with Crippen LogP contribution in [0.3, 0.4) is 0 Å². The summed E-state index contributed by atoms with van der Waals surface area (Å²) in [5.41, 5.74) is 0. The number of hydrogen-bond donors (Lipinski definition) is 1. The molecule has 0 aliphatic carbocycles. The Hall–Kier alpha value is -0.0800. The highest BCUT2D eigenvalue weighted by Gasteiger charge is 2.05. The van der Waals surface area contributed by atoms with Crippen molar-refractivity contribution in [2.45, 2.75) is 40.7 Å². The van der Waals surface area contributed by atoms with Gasteiger partial charge in [-0.3, -0.25) is 0 Å². The summed E-state index contributed by atoms with van der Waals surface area (Å²) in [7, 11) is 0. The first kappa shape index (κ1) is 12.9. The van der Waals surface area contributed by atoms with Crippen LogP contribution in [0.4, 0.5) is 0 Å². The fourth-order valence-corrected chi connectivity index (χ4v) is 0.932. The topological polar surface area (TPSA) is 21.3 Å². The van der Waals surface area contributed by atoms with Crippen LogP contribution in [0.1, 0.15) is 34.6 Å². The Kier molecular flexibility index (Phi) is 7.29. The third-order valence-electron chi connectivity index (χ3n) is 2.33. The van der Waals surface area contributed by atoms with Crippen LogP contribution < -0.4 is 5.32 Å². The maximum absolute atomic E-state index is 5.42. The molecule has 0 aromatic rings. The Morgan fingerprint density at radius 2 is 1.69 bits per heavy atom. The summed E-state index contributed by atoms with van der Waals surface area (Å²) >= 11 is 0. The number of nitrogens with one attached hydrogen (secondary N) is 1. The maximum Gasteiger partial charge on any atom is 0.0594 e. The first-order valence-corrected chi connectivity index (χ1v) is 5.36. The lowest BCUT2D eigenvalue weighted by atomic mass is 9.98. The zero-order valence-electron chi connectivity index (χ0n) is 9.76. The molecule has 1 atom stereocenters. The zero-order chi connectivity index (χ0) is 10.3. The second-order valence-corrected chi connectivity index (χ2v) is 4.34. The molecule has 0 rings (SSSR count). The molecule has 1 unspecified atom stereocenters. The summed E-state index contributed by atoms with van der Waals surface area (Å²) in [5.74, 6) is 1.51. The van der Waals surface area contributed by atoms with Gasteiger partial charge in [0.05, 0.1) is 12.7 Å². The average molecular weight is 187 g/mol. The molecule has 0 amide bonds. The van der Waals surface area contributed by atoms with Gasteiger partial charge in [-0.25, -0.2) is 0 Å². The average Bonchev–Trinajstić information content (AvgIpc) is 2.02. The maximum atomic E-state index is 5.42. The molecule has 0 fully saturated rings. The Morgan fingerprint density at radius 1 is 1.08 bits per heavy atom. The standard InChI is InChI=1S/C11H25NO/c1-9(2)11(5)8-12-6-7-13-10(3)4/h9-12H,6-8H2,1-5H3. The van der Waals surface area contributed by atoms with Crippen LogP contribution in [-0.4, -0.2) is 25.8 Å². The van der Waals surface area contributed by atoms with Crippen molar-refractivity contribution in [3.63, 3.8) is 0 Å². The van der Waals surface area contributed by atoms with Gasteiger partial charge >= 0.3 is 0 Å². The zero-order valence-corrected chi connectivity index (χ0v) is 9.76. The highest BCUT2D eigenvalue weighted by molar-refractivity contribution is 4.60. The minimum atomic E-state index is 0.351. The first-order valence-electron chi connectivity index (χ1n) is 5.36. The molecule has 13 heavy (non-hydrogen) atoms. The molecular formula is C11H25NO. The molecule has 0 saturated carbocycles. The van der Waals surface area contributed by atoms with E-state index in [1.165, 1.54) is 0 Å². The molecule has 0 aromatic heterocycles. The van der Waals surface area contributed by atoms with Gasteiger partial charge in [-0.05, 0) is 32.2 Å². The number of rotatable bonds is 7. The lowest BCUT2D eigenvalue weighted by Crippen LogP contribution is -2.28. The van der Waals surface area contributed by atoms with Crippen molar-refractivity contribution >= 4 is 0 Å². The molecule has 0 bridgehead atoms. The van der Waals surface area contributed by atoms with Crippen LogP contribution in [0.15, 0.2) is 0 Å². The molecule has 0 saturated heterocycles. The van der Waals surface area contributed by atoms with Crippen LogP contribution in [0.5, 0.6) is 0 Å². The van der Waals surface area contributed by atoms with Crippen LogP contribution in [0.25, 0.3) is 0 Å². The summed E-state index contributed by atoms with van der Waals surface area (Å²) < 4.78 is 5.42. The summed E-state index contributed by atoms with van der Waals surface area (Å²) in [6.07, 6.45) is 0.351. The first-order chi connectivity index (χ1) is 6.04. The Bertz CT molecular complexity index is 113. The van der Waals surface area contributed by atoms with Crippen LogP contribution >= 0.6 is 0 Å². The second kappa shape index (κ2) is 7.34. The van der Waals surface area contributed by atoms with Crippen LogP contribution in [-0.2, 0) is 4.74 Å². The van der Waals surface area contributed by atoms with Gasteiger partial charge in [-0.1, -0.05) is 20.8 Å². The SMILES string of the molecule is CC(C)OCCNCC(C)C(C)C. The highest BCUT2D eigenvalue weighted by Crippen LogP contribution is 2.07. The van der Waals surface area contributed by atoms with Crippen molar-refractivity contribution < 1.29 is 4.74 Å². The van der Waals surface area contributed by atoms with Crippen molar-refractivity contribution in [2.75, 3.05) is 19.7 Å². The van der Waals surface area contributed by atoms with Gasteiger partial charge in [-0.2, -0.15) is 0 Å². The van der Waals surface area contributed by atoms with Crippen molar-refractivity contribution in [1.82, 2.24) is 5.32 Å².